The van der Waals surface area contributed by atoms with Gasteiger partial charge in [0.1, 0.15) is 30.2 Å². The van der Waals surface area contributed by atoms with Crippen molar-refractivity contribution in [3.05, 3.63) is 12.7 Å². The van der Waals surface area contributed by atoms with Crippen LogP contribution < -0.4 is 5.73 Å². The number of fused-ring (bicyclic) bond motifs is 1. The van der Waals surface area contributed by atoms with Crippen molar-refractivity contribution in [2.75, 3.05) is 12.3 Å². The van der Waals surface area contributed by atoms with Crippen molar-refractivity contribution in [1.29, 1.82) is 0 Å². The summed E-state index contributed by atoms with van der Waals surface area (Å²) in [6.07, 6.45) is -1.42. The Kier molecular flexibility index (Phi) is 4.24. The topological polar surface area (TPSA) is 140 Å². The minimum atomic E-state index is -1.19. The van der Waals surface area contributed by atoms with Crippen molar-refractivity contribution in [3.63, 3.8) is 0 Å². The van der Waals surface area contributed by atoms with Gasteiger partial charge in [0, 0.05) is 17.4 Å². The Balaban J connectivity index is 0.00000147. The van der Waals surface area contributed by atoms with Crippen molar-refractivity contribution in [2.45, 2.75) is 24.5 Å². The molecule has 2 unspecified atom stereocenters. The van der Waals surface area contributed by atoms with Gasteiger partial charge in [0.2, 0.25) is 0 Å². The van der Waals surface area contributed by atoms with Gasteiger partial charge in [-0.15, -0.1) is 0 Å². The Bertz CT molecular complexity index is 608. The van der Waals surface area contributed by atoms with Gasteiger partial charge in [0.15, 0.2) is 17.7 Å². The molecule has 1 saturated heterocycles. The first kappa shape index (κ1) is 15.1. The molecular formula is C10H13CrN5O4. The number of anilines is 1. The number of hydrogen-bond donors (Lipinski definition) is 4. The Labute approximate surface area is 124 Å². The van der Waals surface area contributed by atoms with E-state index in [1.54, 1.807) is 0 Å². The molecule has 108 valence electrons. The molecule has 9 nitrogen and oxygen atoms in total. The molecule has 0 aromatic carbocycles. The molecule has 3 heterocycles. The van der Waals surface area contributed by atoms with Crippen LogP contribution in [-0.4, -0.2) is 59.8 Å². The first-order valence-electron chi connectivity index (χ1n) is 5.69. The van der Waals surface area contributed by atoms with E-state index >= 15 is 0 Å². The van der Waals surface area contributed by atoms with Crippen LogP contribution in [0.3, 0.4) is 0 Å². The molecule has 1 fully saturated rings. The normalized spacial score (nSPS) is 29.6. The Morgan fingerprint density at radius 1 is 1.25 bits per heavy atom. The fourth-order valence-corrected chi connectivity index (χ4v) is 2.17. The quantitative estimate of drug-likeness (QED) is 0.499. The molecule has 0 bridgehead atoms. The van der Waals surface area contributed by atoms with E-state index in [1.165, 1.54) is 17.2 Å². The second-order valence-electron chi connectivity index (χ2n) is 4.31. The molecule has 0 saturated carbocycles. The molecule has 2 aromatic heterocycles. The van der Waals surface area contributed by atoms with Gasteiger partial charge in [-0.1, -0.05) is 0 Å². The third kappa shape index (κ3) is 2.16. The van der Waals surface area contributed by atoms with Crippen LogP contribution in [0.15, 0.2) is 12.7 Å². The van der Waals surface area contributed by atoms with Crippen LogP contribution in [0.2, 0.25) is 0 Å². The van der Waals surface area contributed by atoms with Crippen LogP contribution in [0, 0.1) is 0 Å². The van der Waals surface area contributed by atoms with Gasteiger partial charge in [0.05, 0.1) is 12.9 Å². The number of imidazole rings is 1. The maximum atomic E-state index is 9.95. The van der Waals surface area contributed by atoms with Crippen LogP contribution in [0.25, 0.3) is 11.2 Å². The van der Waals surface area contributed by atoms with E-state index in [0.29, 0.717) is 11.2 Å². The summed E-state index contributed by atoms with van der Waals surface area (Å²) in [5.41, 5.74) is 6.44. The van der Waals surface area contributed by atoms with E-state index in [0.717, 1.165) is 0 Å². The Morgan fingerprint density at radius 2 is 2.00 bits per heavy atom. The van der Waals surface area contributed by atoms with Crippen LogP contribution in [0.5, 0.6) is 0 Å². The second kappa shape index (κ2) is 5.61. The summed E-state index contributed by atoms with van der Waals surface area (Å²) in [6, 6.07) is 0. The van der Waals surface area contributed by atoms with Crippen molar-refractivity contribution >= 4 is 17.0 Å². The number of ether oxygens (including phenoxy) is 1. The molecule has 3 rings (SSSR count). The zero-order valence-corrected chi connectivity index (χ0v) is 11.5. The predicted octanol–water partition coefficient (Wildman–Crippen LogP) is -1.98. The fraction of sp³-hybridized carbons (Fsp3) is 0.500. The molecule has 0 amide bonds. The average molecular weight is 319 g/mol. The Morgan fingerprint density at radius 3 is 2.65 bits per heavy atom. The molecule has 0 radical (unpaired) electrons. The van der Waals surface area contributed by atoms with Crippen molar-refractivity contribution in [2.24, 2.45) is 0 Å². The third-order valence-corrected chi connectivity index (χ3v) is 3.18. The monoisotopic (exact) mass is 319 g/mol. The Hall–Kier alpha value is -1.28. The number of rotatable bonds is 2. The van der Waals surface area contributed by atoms with Crippen molar-refractivity contribution in [3.8, 4) is 0 Å². The van der Waals surface area contributed by atoms with Crippen LogP contribution in [-0.2, 0) is 22.1 Å². The summed E-state index contributed by atoms with van der Waals surface area (Å²) >= 11 is 0. The molecule has 1 aliphatic heterocycles. The van der Waals surface area contributed by atoms with Crippen LogP contribution >= 0.6 is 0 Å². The predicted molar refractivity (Wildman–Crippen MR) is 62.7 cm³/mol. The number of nitrogen functional groups attached to an aromatic ring is 1. The molecular weight excluding hydrogens is 306 g/mol. The molecule has 0 spiro atoms. The van der Waals surface area contributed by atoms with Gasteiger partial charge in [0.25, 0.3) is 0 Å². The first-order chi connectivity index (χ1) is 9.13. The number of aliphatic hydroxyl groups excluding tert-OH is 3. The molecule has 5 N–H and O–H groups in total. The SMILES string of the molecule is Nc1ncnc2c1ncn2[C@@H]1O[C@H](CO)C(O)C1O.[Cr]. The summed E-state index contributed by atoms with van der Waals surface area (Å²) < 4.78 is 6.85. The summed E-state index contributed by atoms with van der Waals surface area (Å²) in [6.45, 7) is -0.390. The van der Waals surface area contributed by atoms with E-state index in [1.807, 2.05) is 0 Å². The van der Waals surface area contributed by atoms with Gasteiger partial charge in [-0.2, -0.15) is 0 Å². The summed E-state index contributed by atoms with van der Waals surface area (Å²) in [7, 11) is 0. The number of hydrogen-bond acceptors (Lipinski definition) is 8. The largest absolute Gasteiger partial charge is 0.394 e. The summed E-state index contributed by atoms with van der Waals surface area (Å²) in [5, 5.41) is 28.7. The second-order valence-corrected chi connectivity index (χ2v) is 4.31. The maximum Gasteiger partial charge on any atom is 0.167 e. The maximum absolute atomic E-state index is 9.95. The minimum absolute atomic E-state index is 0. The average Bonchev–Trinajstić information content (AvgIpc) is 2.94. The zero-order valence-electron chi connectivity index (χ0n) is 10.2. The first-order valence-corrected chi connectivity index (χ1v) is 5.69. The van der Waals surface area contributed by atoms with Gasteiger partial charge in [-0.05, 0) is 0 Å². The standard InChI is InChI=1S/C10H13N5O4.Cr/c11-8-5-9(13-2-12-8)15(3-14-5)10-7(18)6(17)4(1-16)19-10;/h2-4,6-7,10,16-18H,1H2,(H2,11,12,13);/t4-,6?,7?,10-;/m1./s1. The minimum Gasteiger partial charge on any atom is -0.394 e. The number of nitrogens with two attached hydrogens (primary N) is 1. The van der Waals surface area contributed by atoms with Gasteiger partial charge >= 0.3 is 0 Å². The fourth-order valence-electron chi connectivity index (χ4n) is 2.17. The van der Waals surface area contributed by atoms with Gasteiger partial charge < -0.3 is 25.8 Å². The van der Waals surface area contributed by atoms with E-state index in [2.05, 4.69) is 15.0 Å². The molecule has 2 aromatic rings. The van der Waals surface area contributed by atoms with Gasteiger partial charge in [-0.25, -0.2) is 15.0 Å². The van der Waals surface area contributed by atoms with Crippen LogP contribution in [0.1, 0.15) is 6.23 Å². The number of aromatic nitrogens is 4. The van der Waals surface area contributed by atoms with Crippen LogP contribution in [0.4, 0.5) is 5.82 Å². The molecule has 0 aliphatic carbocycles. The molecule has 10 heteroatoms. The van der Waals surface area contributed by atoms with E-state index in [-0.39, 0.29) is 23.2 Å². The molecule has 1 aliphatic rings. The number of nitrogens with zero attached hydrogens (tertiary/aromatic N) is 4. The van der Waals surface area contributed by atoms with Crippen molar-refractivity contribution in [1.82, 2.24) is 19.5 Å². The summed E-state index contributed by atoms with van der Waals surface area (Å²) in [5.74, 6) is 0.218. The zero-order chi connectivity index (χ0) is 13.6. The third-order valence-electron chi connectivity index (χ3n) is 3.18. The molecule has 20 heavy (non-hydrogen) atoms. The smallest absolute Gasteiger partial charge is 0.167 e. The van der Waals surface area contributed by atoms with E-state index < -0.39 is 31.1 Å². The van der Waals surface area contributed by atoms with Crippen molar-refractivity contribution < 1.29 is 37.4 Å². The van der Waals surface area contributed by atoms with E-state index in [4.69, 9.17) is 15.6 Å². The molecule has 4 atom stereocenters. The number of aliphatic hydroxyl groups is 3. The van der Waals surface area contributed by atoms with Gasteiger partial charge in [-0.3, -0.25) is 4.57 Å². The van der Waals surface area contributed by atoms with E-state index in [9.17, 15) is 10.2 Å². The summed E-state index contributed by atoms with van der Waals surface area (Å²) in [4.78, 5) is 11.9.